The fraction of sp³-hybridized carbons (Fsp3) is 0.308. The van der Waals surface area contributed by atoms with Gasteiger partial charge < -0.3 is 15.4 Å². The summed E-state index contributed by atoms with van der Waals surface area (Å²) in [6, 6.07) is 6.29. The van der Waals surface area contributed by atoms with Crippen LogP contribution in [0.4, 0.5) is 17.6 Å². The van der Waals surface area contributed by atoms with E-state index in [1.54, 1.807) is 7.05 Å². The summed E-state index contributed by atoms with van der Waals surface area (Å²) in [4.78, 5) is 12.5. The maximum Gasteiger partial charge on any atom is 0.322 e. The molecule has 106 valence electrons. The van der Waals surface area contributed by atoms with E-state index in [9.17, 15) is 0 Å². The van der Waals surface area contributed by atoms with Crippen molar-refractivity contribution in [1.82, 2.24) is 15.0 Å². The van der Waals surface area contributed by atoms with Gasteiger partial charge in [-0.1, -0.05) is 22.9 Å². The van der Waals surface area contributed by atoms with Gasteiger partial charge in [-0.2, -0.15) is 15.0 Å². The van der Waals surface area contributed by atoms with E-state index in [-0.39, 0.29) is 6.01 Å². The summed E-state index contributed by atoms with van der Waals surface area (Å²) >= 11 is 3.47. The molecule has 0 spiro atoms. The molecule has 0 saturated heterocycles. The summed E-state index contributed by atoms with van der Waals surface area (Å²) in [5.41, 5.74) is 2.13. The molecule has 2 rings (SSSR count). The summed E-state index contributed by atoms with van der Waals surface area (Å²) in [6.07, 6.45) is 0.906. The van der Waals surface area contributed by atoms with E-state index in [0.717, 1.165) is 16.6 Å². The van der Waals surface area contributed by atoms with Crippen LogP contribution in [0.2, 0.25) is 0 Å². The third-order valence-corrected chi connectivity index (χ3v) is 3.21. The first kappa shape index (κ1) is 14.5. The van der Waals surface area contributed by atoms with E-state index in [4.69, 9.17) is 4.74 Å². The smallest absolute Gasteiger partial charge is 0.322 e. The van der Waals surface area contributed by atoms with Crippen LogP contribution >= 0.6 is 15.9 Å². The molecule has 2 N–H and O–H groups in total. The summed E-state index contributed by atoms with van der Waals surface area (Å²) in [5.74, 6) is 0.896. The van der Waals surface area contributed by atoms with E-state index in [2.05, 4.69) is 54.5 Å². The number of hydrogen-bond donors (Lipinski definition) is 2. The monoisotopic (exact) mass is 337 g/mol. The van der Waals surface area contributed by atoms with Crippen LogP contribution in [0.25, 0.3) is 0 Å². The lowest BCUT2D eigenvalue weighted by Gasteiger charge is -2.11. The van der Waals surface area contributed by atoms with Crippen LogP contribution in [0.15, 0.2) is 22.7 Å². The first-order valence-electron chi connectivity index (χ1n) is 6.19. The maximum atomic E-state index is 5.06. The molecular formula is C13H16BrN5O. The van der Waals surface area contributed by atoms with Crippen molar-refractivity contribution < 1.29 is 4.74 Å². The number of aromatic nitrogens is 3. The number of ether oxygens (including phenoxy) is 1. The molecule has 0 atom stereocenters. The van der Waals surface area contributed by atoms with E-state index in [1.165, 1.54) is 12.7 Å². The number of nitrogens with zero attached hydrogens (tertiary/aromatic N) is 3. The van der Waals surface area contributed by atoms with E-state index >= 15 is 0 Å². The zero-order valence-corrected chi connectivity index (χ0v) is 13.2. The van der Waals surface area contributed by atoms with Gasteiger partial charge in [-0.15, -0.1) is 0 Å². The molecule has 1 aromatic carbocycles. The summed E-state index contributed by atoms with van der Waals surface area (Å²) in [7, 11) is 3.27. The minimum absolute atomic E-state index is 0.266. The molecule has 0 aliphatic heterocycles. The van der Waals surface area contributed by atoms with Crippen LogP contribution in [0.1, 0.15) is 12.5 Å². The van der Waals surface area contributed by atoms with Gasteiger partial charge >= 0.3 is 6.01 Å². The second kappa shape index (κ2) is 6.51. The second-order valence-corrected chi connectivity index (χ2v) is 4.92. The molecule has 0 amide bonds. The van der Waals surface area contributed by atoms with Gasteiger partial charge in [-0.25, -0.2) is 0 Å². The number of benzene rings is 1. The summed E-state index contributed by atoms with van der Waals surface area (Å²) < 4.78 is 6.11. The lowest BCUT2D eigenvalue weighted by molar-refractivity contribution is 0.379. The fourth-order valence-electron chi connectivity index (χ4n) is 1.71. The molecule has 0 bridgehead atoms. The average Bonchev–Trinajstić information content (AvgIpc) is 2.48. The normalized spacial score (nSPS) is 10.2. The number of halogens is 1. The number of aryl methyl sites for hydroxylation is 1. The zero-order valence-electron chi connectivity index (χ0n) is 11.6. The van der Waals surface area contributed by atoms with E-state index in [1.807, 2.05) is 12.1 Å². The summed E-state index contributed by atoms with van der Waals surface area (Å²) in [6.45, 7) is 2.10. The molecule has 1 aromatic heterocycles. The number of rotatable bonds is 5. The Morgan fingerprint density at radius 2 is 1.95 bits per heavy atom. The maximum absolute atomic E-state index is 5.06. The van der Waals surface area contributed by atoms with Gasteiger partial charge in [0.05, 0.1) is 7.11 Å². The van der Waals surface area contributed by atoms with Gasteiger partial charge in [0.25, 0.3) is 0 Å². The highest BCUT2D eigenvalue weighted by molar-refractivity contribution is 9.10. The lowest BCUT2D eigenvalue weighted by Crippen LogP contribution is -2.06. The predicted molar refractivity (Wildman–Crippen MR) is 82.7 cm³/mol. The van der Waals surface area contributed by atoms with Gasteiger partial charge in [0, 0.05) is 17.2 Å². The molecule has 6 nitrogen and oxygen atoms in total. The highest BCUT2D eigenvalue weighted by Crippen LogP contribution is 2.24. The molecule has 1 heterocycles. The molecule has 0 aliphatic carbocycles. The van der Waals surface area contributed by atoms with Crippen molar-refractivity contribution in [2.45, 2.75) is 13.3 Å². The Morgan fingerprint density at radius 3 is 2.60 bits per heavy atom. The quantitative estimate of drug-likeness (QED) is 0.873. The van der Waals surface area contributed by atoms with Crippen molar-refractivity contribution in [2.75, 3.05) is 24.8 Å². The number of methoxy groups -OCH3 is 1. The fourth-order valence-corrected chi connectivity index (χ4v) is 2.12. The van der Waals surface area contributed by atoms with Crippen molar-refractivity contribution in [3.8, 4) is 6.01 Å². The van der Waals surface area contributed by atoms with Crippen LogP contribution in [0, 0.1) is 0 Å². The second-order valence-electron chi connectivity index (χ2n) is 4.00. The van der Waals surface area contributed by atoms with Gasteiger partial charge in [0.15, 0.2) is 0 Å². The van der Waals surface area contributed by atoms with Crippen LogP contribution < -0.4 is 15.4 Å². The minimum atomic E-state index is 0.266. The molecular weight excluding hydrogens is 322 g/mol. The van der Waals surface area contributed by atoms with Gasteiger partial charge in [0.1, 0.15) is 0 Å². The molecule has 20 heavy (non-hydrogen) atoms. The van der Waals surface area contributed by atoms with Gasteiger partial charge in [-0.05, 0) is 30.2 Å². The lowest BCUT2D eigenvalue weighted by atomic mass is 10.1. The van der Waals surface area contributed by atoms with Gasteiger partial charge in [-0.3, -0.25) is 0 Å². The van der Waals surface area contributed by atoms with Crippen molar-refractivity contribution >= 4 is 33.5 Å². The summed E-state index contributed by atoms with van der Waals surface area (Å²) in [5, 5.41) is 6.07. The van der Waals surface area contributed by atoms with E-state index in [0.29, 0.717) is 11.9 Å². The van der Waals surface area contributed by atoms with Crippen LogP contribution in [-0.2, 0) is 6.42 Å². The SMILES string of the molecule is CCc1cc(Br)ccc1Nc1nc(NC)nc(OC)n1. The first-order valence-corrected chi connectivity index (χ1v) is 6.98. The number of nitrogens with one attached hydrogen (secondary N) is 2. The Kier molecular flexibility index (Phi) is 4.73. The van der Waals surface area contributed by atoms with Crippen molar-refractivity contribution in [1.29, 1.82) is 0 Å². The van der Waals surface area contributed by atoms with Crippen molar-refractivity contribution in [3.63, 3.8) is 0 Å². The average molecular weight is 338 g/mol. The molecule has 0 radical (unpaired) electrons. The van der Waals surface area contributed by atoms with Crippen molar-refractivity contribution in [2.24, 2.45) is 0 Å². The van der Waals surface area contributed by atoms with Crippen LogP contribution in [-0.4, -0.2) is 29.1 Å². The Hall–Kier alpha value is -1.89. The molecule has 0 saturated carbocycles. The highest BCUT2D eigenvalue weighted by atomic mass is 79.9. The predicted octanol–water partition coefficient (Wildman–Crippen LogP) is 2.99. The third kappa shape index (κ3) is 3.36. The Labute approximate surface area is 126 Å². The van der Waals surface area contributed by atoms with Crippen LogP contribution in [0.3, 0.4) is 0 Å². The topological polar surface area (TPSA) is 72.0 Å². The van der Waals surface area contributed by atoms with E-state index < -0.39 is 0 Å². The Balaban J connectivity index is 2.34. The molecule has 0 fully saturated rings. The minimum Gasteiger partial charge on any atom is -0.467 e. The Bertz CT molecular complexity index is 583. The highest BCUT2D eigenvalue weighted by Gasteiger charge is 2.08. The molecule has 0 aliphatic rings. The van der Waals surface area contributed by atoms with Crippen LogP contribution in [0.5, 0.6) is 6.01 Å². The largest absolute Gasteiger partial charge is 0.467 e. The molecule has 7 heteroatoms. The van der Waals surface area contributed by atoms with Crippen molar-refractivity contribution in [3.05, 3.63) is 28.2 Å². The molecule has 2 aromatic rings. The number of hydrogen-bond acceptors (Lipinski definition) is 6. The Morgan fingerprint density at radius 1 is 1.20 bits per heavy atom. The standard InChI is InChI=1S/C13H16BrN5O/c1-4-8-7-9(14)5-6-10(8)16-12-17-11(15-2)18-13(19-12)20-3/h5-7H,4H2,1-3H3,(H2,15,16,17,18,19). The van der Waals surface area contributed by atoms with Gasteiger partial charge in [0.2, 0.25) is 11.9 Å². The molecule has 0 unspecified atom stereocenters. The third-order valence-electron chi connectivity index (χ3n) is 2.72. The first-order chi connectivity index (χ1) is 9.66. The number of anilines is 3. The zero-order chi connectivity index (χ0) is 14.5.